The Balaban J connectivity index is 0. The van der Waals surface area contributed by atoms with Crippen molar-refractivity contribution in [3.63, 3.8) is 0 Å². The molecule has 12 nitrogen and oxygen atoms in total. The highest BCUT2D eigenvalue weighted by Crippen LogP contribution is 2.29. The molecule has 0 atom stereocenters. The highest BCUT2D eigenvalue weighted by Gasteiger charge is 2.07. The van der Waals surface area contributed by atoms with Crippen molar-refractivity contribution in [1.82, 2.24) is 4.98 Å². The first-order valence-corrected chi connectivity index (χ1v) is 14.0. The molecular formula is C23H30Cl2N6O6S3. The molecule has 0 bridgehead atoms. The fourth-order valence-electron chi connectivity index (χ4n) is 2.54. The molecule has 0 aliphatic rings. The van der Waals surface area contributed by atoms with E-state index in [1.54, 1.807) is 41.1 Å². The van der Waals surface area contributed by atoms with Crippen molar-refractivity contribution in [2.45, 2.75) is 17.9 Å². The van der Waals surface area contributed by atoms with E-state index in [9.17, 15) is 30.3 Å². The van der Waals surface area contributed by atoms with Gasteiger partial charge in [0.05, 0.1) is 14.8 Å². The lowest BCUT2D eigenvalue weighted by Crippen LogP contribution is -1.99. The standard InChI is InChI=1S/C14H12N2O4.C7H9N3O2S2.C2H7NS.2ClH/c17-15(18)13-7-3-11(4-8-13)1-2-12-5-9-14(10-6-12)16(19)20;8-3-4-13-14-7-2-1-6(5-9-7)10(11)12;3-1-2-4;;/h3-10H,1-2H2;1-2,5H,3-4,8H2;4H,1-3H2;2*1H. The Morgan fingerprint density at radius 3 is 1.40 bits per heavy atom. The summed E-state index contributed by atoms with van der Waals surface area (Å²) in [5.74, 6) is 1.63. The van der Waals surface area contributed by atoms with Crippen LogP contribution in [0.1, 0.15) is 11.1 Å². The predicted octanol–water partition coefficient (Wildman–Crippen LogP) is 5.70. The Bertz CT molecular complexity index is 1090. The summed E-state index contributed by atoms with van der Waals surface area (Å²) in [4.78, 5) is 34.0. The Kier molecular flexibility index (Phi) is 22.8. The number of halogens is 2. The number of pyridine rings is 1. The van der Waals surface area contributed by atoms with Crippen LogP contribution in [0.3, 0.4) is 0 Å². The molecule has 4 N–H and O–H groups in total. The smallest absolute Gasteiger partial charge is 0.287 e. The number of aryl methyl sites for hydroxylation is 2. The van der Waals surface area contributed by atoms with Crippen LogP contribution in [-0.2, 0) is 12.8 Å². The van der Waals surface area contributed by atoms with Gasteiger partial charge in [0.15, 0.2) is 0 Å². The summed E-state index contributed by atoms with van der Waals surface area (Å²) >= 11 is 3.80. The van der Waals surface area contributed by atoms with Gasteiger partial charge < -0.3 is 11.5 Å². The third kappa shape index (κ3) is 16.4. The zero-order valence-electron chi connectivity index (χ0n) is 21.1. The Morgan fingerprint density at radius 1 is 0.700 bits per heavy atom. The van der Waals surface area contributed by atoms with E-state index in [-0.39, 0.29) is 41.9 Å². The predicted molar refractivity (Wildman–Crippen MR) is 169 cm³/mol. The van der Waals surface area contributed by atoms with Gasteiger partial charge in [0.2, 0.25) is 0 Å². The summed E-state index contributed by atoms with van der Waals surface area (Å²) < 4.78 is 0. The van der Waals surface area contributed by atoms with Crippen LogP contribution in [-0.4, -0.2) is 44.3 Å². The summed E-state index contributed by atoms with van der Waals surface area (Å²) in [6.45, 7) is 1.30. The van der Waals surface area contributed by atoms with Crippen LogP contribution in [0.4, 0.5) is 17.1 Å². The van der Waals surface area contributed by atoms with Crippen molar-refractivity contribution in [3.05, 3.63) is 108 Å². The van der Waals surface area contributed by atoms with Gasteiger partial charge in [-0.1, -0.05) is 35.1 Å². The number of benzene rings is 2. The molecule has 2 aromatic carbocycles. The van der Waals surface area contributed by atoms with Crippen LogP contribution in [0.5, 0.6) is 0 Å². The van der Waals surface area contributed by atoms with Crippen LogP contribution in [0.25, 0.3) is 0 Å². The molecule has 40 heavy (non-hydrogen) atoms. The monoisotopic (exact) mass is 652 g/mol. The van der Waals surface area contributed by atoms with E-state index in [1.807, 2.05) is 0 Å². The van der Waals surface area contributed by atoms with E-state index in [1.165, 1.54) is 47.3 Å². The number of aromatic nitrogens is 1. The highest BCUT2D eigenvalue weighted by molar-refractivity contribution is 8.76. The first-order valence-electron chi connectivity index (χ1n) is 11.1. The molecule has 0 spiro atoms. The number of thiol groups is 1. The number of nitro groups is 3. The maximum Gasteiger partial charge on any atom is 0.287 e. The van der Waals surface area contributed by atoms with Gasteiger partial charge in [-0.05, 0) is 40.8 Å². The van der Waals surface area contributed by atoms with Crippen molar-refractivity contribution in [2.75, 3.05) is 24.6 Å². The average Bonchev–Trinajstić information content (AvgIpc) is 2.93. The number of hydrogen-bond acceptors (Lipinski definition) is 12. The van der Waals surface area contributed by atoms with Crippen molar-refractivity contribution in [3.8, 4) is 0 Å². The number of non-ortho nitro benzene ring substituents is 2. The lowest BCUT2D eigenvalue weighted by molar-refractivity contribution is -0.385. The van der Waals surface area contributed by atoms with E-state index < -0.39 is 14.8 Å². The average molecular weight is 654 g/mol. The minimum atomic E-state index is -0.464. The molecule has 3 rings (SSSR count). The molecule has 3 aromatic rings. The molecule has 0 unspecified atom stereocenters. The third-order valence-corrected chi connectivity index (χ3v) is 6.96. The molecule has 1 aromatic heterocycles. The molecule has 0 amide bonds. The van der Waals surface area contributed by atoms with E-state index >= 15 is 0 Å². The zero-order chi connectivity index (χ0) is 28.3. The van der Waals surface area contributed by atoms with Crippen LogP contribution in [0.2, 0.25) is 0 Å². The first kappa shape index (κ1) is 39.5. The summed E-state index contributed by atoms with van der Waals surface area (Å²) in [6, 6.07) is 15.9. The first-order chi connectivity index (χ1) is 18.2. The number of nitrogens with two attached hydrogens (primary N) is 2. The highest BCUT2D eigenvalue weighted by atomic mass is 35.5. The molecule has 220 valence electrons. The van der Waals surface area contributed by atoms with Gasteiger partial charge in [-0.25, -0.2) is 4.98 Å². The van der Waals surface area contributed by atoms with Gasteiger partial charge in [-0.2, -0.15) is 12.6 Å². The number of nitro benzene ring substituents is 2. The second kappa shape index (κ2) is 23.1. The summed E-state index contributed by atoms with van der Waals surface area (Å²) in [5.41, 5.74) is 12.4. The van der Waals surface area contributed by atoms with Crippen LogP contribution in [0, 0.1) is 30.3 Å². The van der Waals surface area contributed by atoms with E-state index in [4.69, 9.17) is 11.5 Å². The van der Waals surface area contributed by atoms with Gasteiger partial charge in [0.1, 0.15) is 11.2 Å². The fraction of sp³-hybridized carbons (Fsp3) is 0.261. The molecule has 0 saturated carbocycles. The number of nitrogens with zero attached hydrogens (tertiary/aromatic N) is 4. The van der Waals surface area contributed by atoms with Crippen LogP contribution >= 0.6 is 59.0 Å². The van der Waals surface area contributed by atoms with Gasteiger partial charge in [0.25, 0.3) is 17.1 Å². The zero-order valence-corrected chi connectivity index (χ0v) is 25.2. The molecule has 0 radical (unpaired) electrons. The lowest BCUT2D eigenvalue weighted by Gasteiger charge is -2.02. The molecular weight excluding hydrogens is 623 g/mol. The summed E-state index contributed by atoms with van der Waals surface area (Å²) in [5, 5.41) is 32.1. The Labute approximate surface area is 257 Å². The molecule has 0 saturated heterocycles. The minimum Gasteiger partial charge on any atom is -0.330 e. The maximum atomic E-state index is 10.5. The SMILES string of the molecule is Cl.Cl.NCCS.NCCSSc1ccc([N+](=O)[O-])cn1.O=[N+]([O-])c1ccc(CCc2ccc([N+](=O)[O-])cc2)cc1. The molecule has 17 heteroatoms. The minimum absolute atomic E-state index is 0. The van der Waals surface area contributed by atoms with Crippen molar-refractivity contribution in [2.24, 2.45) is 11.5 Å². The van der Waals surface area contributed by atoms with Gasteiger partial charge in [0, 0.05) is 54.9 Å². The van der Waals surface area contributed by atoms with Gasteiger partial charge in [-0.15, -0.1) is 24.8 Å². The normalized spacial score (nSPS) is 9.38. The Morgan fingerprint density at radius 2 is 1.10 bits per heavy atom. The van der Waals surface area contributed by atoms with E-state index in [0.29, 0.717) is 13.1 Å². The van der Waals surface area contributed by atoms with Gasteiger partial charge >= 0.3 is 0 Å². The largest absolute Gasteiger partial charge is 0.330 e. The molecule has 0 aliphatic heterocycles. The second-order valence-corrected chi connectivity index (χ2v) is 10.0. The van der Waals surface area contributed by atoms with E-state index in [2.05, 4.69) is 17.6 Å². The fourth-order valence-corrected chi connectivity index (χ4v) is 4.25. The molecule has 0 fully saturated rings. The lowest BCUT2D eigenvalue weighted by atomic mass is 10.0. The summed E-state index contributed by atoms with van der Waals surface area (Å²) in [7, 11) is 3.05. The maximum absolute atomic E-state index is 10.5. The summed E-state index contributed by atoms with van der Waals surface area (Å²) in [6.07, 6.45) is 2.72. The third-order valence-electron chi connectivity index (χ3n) is 4.40. The van der Waals surface area contributed by atoms with Crippen molar-refractivity contribution in [1.29, 1.82) is 0 Å². The van der Waals surface area contributed by atoms with Crippen molar-refractivity contribution >= 4 is 76.1 Å². The van der Waals surface area contributed by atoms with Crippen molar-refractivity contribution < 1.29 is 14.8 Å². The molecule has 1 heterocycles. The van der Waals surface area contributed by atoms with Gasteiger partial charge in [-0.3, -0.25) is 30.3 Å². The topological polar surface area (TPSA) is 194 Å². The number of rotatable bonds is 11. The number of hydrogen-bond donors (Lipinski definition) is 3. The van der Waals surface area contributed by atoms with E-state index in [0.717, 1.165) is 40.5 Å². The van der Waals surface area contributed by atoms with Crippen LogP contribution < -0.4 is 11.5 Å². The quantitative estimate of drug-likeness (QED) is 0.0756. The Hall–Kier alpha value is -2.66. The molecule has 0 aliphatic carbocycles. The second-order valence-electron chi connectivity index (χ2n) is 7.17. The van der Waals surface area contributed by atoms with Crippen LogP contribution in [0.15, 0.2) is 71.9 Å².